The van der Waals surface area contributed by atoms with Crippen molar-refractivity contribution in [3.05, 3.63) is 0 Å². The summed E-state index contributed by atoms with van der Waals surface area (Å²) in [6.45, 7) is 2.75. The molecule has 1 unspecified atom stereocenters. The van der Waals surface area contributed by atoms with Crippen LogP contribution < -0.4 is 5.73 Å². The van der Waals surface area contributed by atoms with E-state index < -0.39 is 12.1 Å². The molecule has 11 heavy (non-hydrogen) atoms. The van der Waals surface area contributed by atoms with E-state index in [1.54, 1.807) is 6.92 Å². The van der Waals surface area contributed by atoms with Crippen molar-refractivity contribution in [2.75, 3.05) is 13.2 Å². The molecule has 0 aliphatic carbocycles. The lowest BCUT2D eigenvalue weighted by atomic mass is 10.3. The molecular weight excluding hydrogens is 146 g/mol. The number of aliphatic carboxylic acids is 1. The van der Waals surface area contributed by atoms with Crippen LogP contribution in [0.5, 0.6) is 0 Å². The van der Waals surface area contributed by atoms with Crippen LogP contribution in [0.1, 0.15) is 19.8 Å². The summed E-state index contributed by atoms with van der Waals surface area (Å²) in [6.07, 6.45) is 0.547. The Kier molecular flexibility index (Phi) is 5.78. The van der Waals surface area contributed by atoms with E-state index in [0.717, 1.165) is 0 Å². The van der Waals surface area contributed by atoms with Crippen LogP contribution in [0.25, 0.3) is 0 Å². The molecule has 4 heteroatoms. The number of nitrogens with two attached hydrogens (primary N) is 1. The van der Waals surface area contributed by atoms with Gasteiger partial charge in [0.2, 0.25) is 0 Å². The third kappa shape index (κ3) is 4.75. The fourth-order valence-corrected chi connectivity index (χ4v) is 0.673. The molecule has 0 amide bonds. The summed E-state index contributed by atoms with van der Waals surface area (Å²) in [4.78, 5) is 10.4. The topological polar surface area (TPSA) is 72.5 Å². The molecule has 1 atom stereocenters. The Morgan fingerprint density at radius 3 is 2.73 bits per heavy atom. The van der Waals surface area contributed by atoms with E-state index >= 15 is 0 Å². The van der Waals surface area contributed by atoms with Crippen molar-refractivity contribution in [3.63, 3.8) is 0 Å². The van der Waals surface area contributed by atoms with Gasteiger partial charge in [-0.3, -0.25) is 0 Å². The molecule has 66 valence electrons. The van der Waals surface area contributed by atoms with Gasteiger partial charge in [0.25, 0.3) is 0 Å². The van der Waals surface area contributed by atoms with Gasteiger partial charge in [-0.05, 0) is 19.4 Å². The van der Waals surface area contributed by atoms with E-state index in [0.29, 0.717) is 26.0 Å². The molecule has 0 aromatic rings. The molecule has 0 aromatic carbocycles. The summed E-state index contributed by atoms with van der Waals surface area (Å²) in [6, 6.07) is 0. The highest BCUT2D eigenvalue weighted by Crippen LogP contribution is 1.98. The van der Waals surface area contributed by atoms with E-state index in [2.05, 4.69) is 0 Å². The lowest BCUT2D eigenvalue weighted by Crippen LogP contribution is -2.24. The predicted octanol–water partition coefficient (Wildman–Crippen LogP) is 0.215. The van der Waals surface area contributed by atoms with Crippen molar-refractivity contribution in [1.29, 1.82) is 0 Å². The Balaban J connectivity index is 3.44. The number of hydrogen-bond acceptors (Lipinski definition) is 3. The van der Waals surface area contributed by atoms with Crippen LogP contribution >= 0.6 is 0 Å². The largest absolute Gasteiger partial charge is 0.479 e. The van der Waals surface area contributed by atoms with Gasteiger partial charge in [-0.25, -0.2) is 4.79 Å². The zero-order valence-electron chi connectivity index (χ0n) is 6.75. The molecule has 0 rings (SSSR count). The van der Waals surface area contributed by atoms with Gasteiger partial charge in [-0.15, -0.1) is 0 Å². The molecular formula is C7H15NO3. The van der Waals surface area contributed by atoms with Gasteiger partial charge in [0, 0.05) is 6.61 Å². The molecule has 0 radical (unpaired) electrons. The van der Waals surface area contributed by atoms with Crippen LogP contribution in [-0.2, 0) is 9.53 Å². The highest BCUT2D eigenvalue weighted by molar-refractivity contribution is 5.72. The molecule has 0 spiro atoms. The first-order valence-corrected chi connectivity index (χ1v) is 3.76. The van der Waals surface area contributed by atoms with Crippen molar-refractivity contribution >= 4 is 5.97 Å². The van der Waals surface area contributed by atoms with Crippen molar-refractivity contribution < 1.29 is 14.6 Å². The number of hydrogen-bond donors (Lipinski definition) is 2. The lowest BCUT2D eigenvalue weighted by molar-refractivity contribution is -0.150. The zero-order valence-corrected chi connectivity index (χ0v) is 6.75. The molecule has 4 nitrogen and oxygen atoms in total. The molecule has 3 N–H and O–H groups in total. The predicted molar refractivity (Wildman–Crippen MR) is 41.3 cm³/mol. The fourth-order valence-electron chi connectivity index (χ4n) is 0.673. The van der Waals surface area contributed by atoms with Crippen LogP contribution in [0.3, 0.4) is 0 Å². The Hall–Kier alpha value is -0.610. The number of carbonyl (C=O) groups is 1. The van der Waals surface area contributed by atoms with Crippen LogP contribution in [0, 0.1) is 0 Å². The smallest absolute Gasteiger partial charge is 0.332 e. The second-order valence-electron chi connectivity index (χ2n) is 2.25. The second kappa shape index (κ2) is 6.12. The number of rotatable bonds is 6. The van der Waals surface area contributed by atoms with E-state index in [-0.39, 0.29) is 0 Å². The summed E-state index contributed by atoms with van der Waals surface area (Å²) in [7, 11) is 0. The Morgan fingerprint density at radius 2 is 2.36 bits per heavy atom. The molecule has 0 aromatic heterocycles. The molecule has 0 saturated carbocycles. The maximum atomic E-state index is 10.4. The minimum absolute atomic E-state index is 0.432. The standard InChI is InChI=1S/C7H15NO3/c1-2-6(7(9)10)11-5-3-4-8/h6H,2-5,8H2,1H3,(H,9,10). The minimum atomic E-state index is -0.899. The molecule has 0 fully saturated rings. The second-order valence-corrected chi connectivity index (χ2v) is 2.25. The normalized spacial score (nSPS) is 12.9. The average molecular weight is 161 g/mol. The maximum Gasteiger partial charge on any atom is 0.332 e. The summed E-state index contributed by atoms with van der Waals surface area (Å²) in [5.74, 6) is -0.899. The third-order valence-corrected chi connectivity index (χ3v) is 1.31. The van der Waals surface area contributed by atoms with Crippen molar-refractivity contribution in [1.82, 2.24) is 0 Å². The minimum Gasteiger partial charge on any atom is -0.479 e. The van der Waals surface area contributed by atoms with Gasteiger partial charge in [-0.2, -0.15) is 0 Å². The van der Waals surface area contributed by atoms with Crippen molar-refractivity contribution in [3.8, 4) is 0 Å². The first-order chi connectivity index (χ1) is 5.22. The summed E-state index contributed by atoms with van der Waals surface area (Å²) in [5.41, 5.74) is 5.20. The van der Waals surface area contributed by atoms with Crippen molar-refractivity contribution in [2.45, 2.75) is 25.9 Å². The third-order valence-electron chi connectivity index (χ3n) is 1.31. The van der Waals surface area contributed by atoms with Crippen molar-refractivity contribution in [2.24, 2.45) is 5.73 Å². The van der Waals surface area contributed by atoms with Gasteiger partial charge in [0.05, 0.1) is 0 Å². The molecule has 0 aliphatic rings. The lowest BCUT2D eigenvalue weighted by Gasteiger charge is -2.09. The molecule has 0 bridgehead atoms. The highest BCUT2D eigenvalue weighted by atomic mass is 16.5. The first kappa shape index (κ1) is 10.4. The fraction of sp³-hybridized carbons (Fsp3) is 0.857. The van der Waals surface area contributed by atoms with Gasteiger partial charge >= 0.3 is 5.97 Å². The number of carboxylic acids is 1. The average Bonchev–Trinajstić information content (AvgIpc) is 1.97. The summed E-state index contributed by atoms with van der Waals surface area (Å²) < 4.78 is 5.01. The molecule has 0 heterocycles. The van der Waals surface area contributed by atoms with Gasteiger partial charge < -0.3 is 15.6 Å². The van der Waals surface area contributed by atoms with Crippen LogP contribution in [0.2, 0.25) is 0 Å². The van der Waals surface area contributed by atoms with Crippen LogP contribution in [0.15, 0.2) is 0 Å². The highest BCUT2D eigenvalue weighted by Gasteiger charge is 2.13. The Morgan fingerprint density at radius 1 is 1.73 bits per heavy atom. The summed E-state index contributed by atoms with van der Waals surface area (Å²) in [5, 5.41) is 8.52. The quantitative estimate of drug-likeness (QED) is 0.546. The van der Waals surface area contributed by atoms with Crippen LogP contribution in [0.4, 0.5) is 0 Å². The molecule has 0 aliphatic heterocycles. The monoisotopic (exact) mass is 161 g/mol. The Labute approximate surface area is 66.3 Å². The maximum absolute atomic E-state index is 10.4. The molecule has 0 saturated heterocycles. The summed E-state index contributed by atoms with van der Waals surface area (Å²) >= 11 is 0. The van der Waals surface area contributed by atoms with Gasteiger partial charge in [0.15, 0.2) is 6.10 Å². The van der Waals surface area contributed by atoms with E-state index in [4.69, 9.17) is 15.6 Å². The van der Waals surface area contributed by atoms with Crippen LogP contribution in [-0.4, -0.2) is 30.3 Å². The van der Waals surface area contributed by atoms with Gasteiger partial charge in [-0.1, -0.05) is 6.92 Å². The zero-order chi connectivity index (χ0) is 8.69. The SMILES string of the molecule is CCC(OCCCN)C(=O)O. The number of ether oxygens (including phenoxy) is 1. The van der Waals surface area contributed by atoms with E-state index in [1.807, 2.05) is 0 Å². The Bertz CT molecular complexity index is 116. The van der Waals surface area contributed by atoms with Gasteiger partial charge in [0.1, 0.15) is 0 Å². The van der Waals surface area contributed by atoms with E-state index in [9.17, 15) is 4.79 Å². The first-order valence-electron chi connectivity index (χ1n) is 3.76. The number of carboxylic acid groups (broad SMARTS) is 1. The van der Waals surface area contributed by atoms with E-state index in [1.165, 1.54) is 0 Å².